The highest BCUT2D eigenvalue weighted by Gasteiger charge is 2.09. The van der Waals surface area contributed by atoms with Crippen molar-refractivity contribution in [3.8, 4) is 0 Å². The van der Waals surface area contributed by atoms with Crippen molar-refractivity contribution >= 4 is 38.9 Å². The lowest BCUT2D eigenvalue weighted by Crippen LogP contribution is -2.11. The maximum absolute atomic E-state index is 6.11. The Morgan fingerprint density at radius 1 is 1.11 bits per heavy atom. The molecule has 2 aromatic carbocycles. The first-order valence-corrected chi connectivity index (χ1v) is 7.82. The molecule has 0 aliphatic rings. The van der Waals surface area contributed by atoms with Gasteiger partial charge in [0.15, 0.2) is 0 Å². The average molecular weight is 339 g/mol. The van der Waals surface area contributed by atoms with Gasteiger partial charge in [-0.3, -0.25) is 0 Å². The Hall–Kier alpha value is -0.990. The lowest BCUT2D eigenvalue weighted by atomic mass is 10.1. The van der Waals surface area contributed by atoms with Crippen LogP contribution in [0.25, 0.3) is 0 Å². The van der Waals surface area contributed by atoms with E-state index in [-0.39, 0.29) is 0 Å². The highest BCUT2D eigenvalue weighted by Crippen LogP contribution is 2.31. The molecule has 0 aliphatic carbocycles. The van der Waals surface area contributed by atoms with Gasteiger partial charge in [-0.15, -0.1) is 0 Å². The van der Waals surface area contributed by atoms with E-state index < -0.39 is 0 Å². The summed E-state index contributed by atoms with van der Waals surface area (Å²) in [6.45, 7) is 2.17. The molecular weight excluding hydrogens is 322 g/mol. The number of anilines is 2. The summed E-state index contributed by atoms with van der Waals surface area (Å²) in [5, 5.41) is 1.58. The predicted octanol–water partition coefficient (Wildman–Crippen LogP) is 5.57. The minimum Gasteiger partial charge on any atom is -0.344 e. The van der Waals surface area contributed by atoms with E-state index in [0.717, 1.165) is 22.5 Å². The largest absolute Gasteiger partial charge is 0.344 e. The van der Waals surface area contributed by atoms with E-state index in [0.29, 0.717) is 0 Å². The van der Waals surface area contributed by atoms with Crippen LogP contribution in [0, 0.1) is 0 Å². The van der Waals surface area contributed by atoms with Gasteiger partial charge in [0.1, 0.15) is 0 Å². The molecular formula is C16H17BrClN. The van der Waals surface area contributed by atoms with E-state index in [9.17, 15) is 0 Å². The van der Waals surface area contributed by atoms with Crippen molar-refractivity contribution in [3.63, 3.8) is 0 Å². The Morgan fingerprint density at radius 2 is 1.79 bits per heavy atom. The number of alkyl halides is 1. The van der Waals surface area contributed by atoms with E-state index >= 15 is 0 Å². The third kappa shape index (κ3) is 3.31. The fourth-order valence-electron chi connectivity index (χ4n) is 2.06. The maximum Gasteiger partial charge on any atom is 0.0464 e. The number of hydrogen-bond donors (Lipinski definition) is 0. The van der Waals surface area contributed by atoms with Gasteiger partial charge in [0.2, 0.25) is 0 Å². The monoisotopic (exact) mass is 337 g/mol. The average Bonchev–Trinajstić information content (AvgIpc) is 2.46. The van der Waals surface area contributed by atoms with Crippen LogP contribution in [0.15, 0.2) is 42.5 Å². The first-order valence-electron chi connectivity index (χ1n) is 6.32. The Bertz CT molecular complexity index is 551. The highest BCUT2D eigenvalue weighted by atomic mass is 79.9. The SMILES string of the molecule is CCc1ccc(N(C)c2cc(Cl)ccc2CBr)cc1. The molecule has 0 saturated carbocycles. The van der Waals surface area contributed by atoms with Gasteiger partial charge in [0.25, 0.3) is 0 Å². The van der Waals surface area contributed by atoms with Crippen molar-refractivity contribution in [2.24, 2.45) is 0 Å². The van der Waals surface area contributed by atoms with E-state index in [1.54, 1.807) is 0 Å². The maximum atomic E-state index is 6.11. The van der Waals surface area contributed by atoms with Gasteiger partial charge in [0.05, 0.1) is 0 Å². The zero-order valence-electron chi connectivity index (χ0n) is 11.2. The number of rotatable bonds is 4. The Labute approximate surface area is 128 Å². The van der Waals surface area contributed by atoms with Gasteiger partial charge < -0.3 is 4.90 Å². The minimum atomic E-state index is 0.761. The normalized spacial score (nSPS) is 10.5. The van der Waals surface area contributed by atoms with E-state index in [1.165, 1.54) is 16.8 Å². The summed E-state index contributed by atoms with van der Waals surface area (Å²) >= 11 is 9.64. The molecule has 100 valence electrons. The van der Waals surface area contributed by atoms with Gasteiger partial charge in [-0.2, -0.15) is 0 Å². The Balaban J connectivity index is 2.36. The molecule has 0 N–H and O–H groups in total. The lowest BCUT2D eigenvalue weighted by Gasteiger charge is -2.22. The van der Waals surface area contributed by atoms with E-state index in [4.69, 9.17) is 11.6 Å². The van der Waals surface area contributed by atoms with Crippen LogP contribution < -0.4 is 4.90 Å². The summed E-state index contributed by atoms with van der Waals surface area (Å²) in [6, 6.07) is 14.6. The number of halogens is 2. The number of nitrogens with zero attached hydrogens (tertiary/aromatic N) is 1. The van der Waals surface area contributed by atoms with E-state index in [1.807, 2.05) is 12.1 Å². The van der Waals surface area contributed by atoms with Crippen LogP contribution in [0.3, 0.4) is 0 Å². The van der Waals surface area contributed by atoms with E-state index in [2.05, 4.69) is 65.1 Å². The molecule has 19 heavy (non-hydrogen) atoms. The molecule has 0 heterocycles. The van der Waals surface area contributed by atoms with Crippen molar-refractivity contribution in [2.75, 3.05) is 11.9 Å². The lowest BCUT2D eigenvalue weighted by molar-refractivity contribution is 1.13. The van der Waals surface area contributed by atoms with Crippen molar-refractivity contribution in [2.45, 2.75) is 18.7 Å². The van der Waals surface area contributed by atoms with Crippen molar-refractivity contribution in [1.82, 2.24) is 0 Å². The molecule has 0 unspecified atom stereocenters. The van der Waals surface area contributed by atoms with Crippen LogP contribution in [0.4, 0.5) is 11.4 Å². The number of aryl methyl sites for hydroxylation is 1. The summed E-state index contributed by atoms with van der Waals surface area (Å²) in [6.07, 6.45) is 1.06. The smallest absolute Gasteiger partial charge is 0.0464 e. The molecule has 0 fully saturated rings. The first-order chi connectivity index (χ1) is 9.15. The Kier molecular flexibility index (Phi) is 4.89. The van der Waals surface area contributed by atoms with Crippen molar-refractivity contribution in [1.29, 1.82) is 0 Å². The topological polar surface area (TPSA) is 3.24 Å². The molecule has 2 rings (SSSR count). The van der Waals surface area contributed by atoms with Gasteiger partial charge in [-0.25, -0.2) is 0 Å². The van der Waals surface area contributed by atoms with Gasteiger partial charge in [0, 0.05) is 28.8 Å². The number of benzene rings is 2. The molecule has 2 aromatic rings. The second-order valence-electron chi connectivity index (χ2n) is 4.49. The quantitative estimate of drug-likeness (QED) is 0.659. The van der Waals surface area contributed by atoms with Crippen LogP contribution in [0.5, 0.6) is 0 Å². The zero-order valence-corrected chi connectivity index (χ0v) is 13.5. The van der Waals surface area contributed by atoms with Crippen LogP contribution in [-0.2, 0) is 11.8 Å². The van der Waals surface area contributed by atoms with Crippen molar-refractivity contribution in [3.05, 3.63) is 58.6 Å². The summed E-state index contributed by atoms with van der Waals surface area (Å²) in [5.74, 6) is 0. The zero-order chi connectivity index (χ0) is 13.8. The fraction of sp³-hybridized carbons (Fsp3) is 0.250. The van der Waals surface area contributed by atoms with Crippen LogP contribution in [-0.4, -0.2) is 7.05 Å². The summed E-state index contributed by atoms with van der Waals surface area (Å²) < 4.78 is 0. The van der Waals surface area contributed by atoms with Crippen molar-refractivity contribution < 1.29 is 0 Å². The molecule has 0 amide bonds. The molecule has 0 radical (unpaired) electrons. The Morgan fingerprint density at radius 3 is 2.37 bits per heavy atom. The first kappa shape index (κ1) is 14.4. The summed E-state index contributed by atoms with van der Waals surface area (Å²) in [5.41, 5.74) is 4.88. The summed E-state index contributed by atoms with van der Waals surface area (Å²) in [4.78, 5) is 2.17. The van der Waals surface area contributed by atoms with Crippen LogP contribution in [0.2, 0.25) is 5.02 Å². The molecule has 0 saturated heterocycles. The second kappa shape index (κ2) is 6.44. The molecule has 0 aromatic heterocycles. The van der Waals surface area contributed by atoms with Gasteiger partial charge in [-0.05, 0) is 41.8 Å². The molecule has 0 atom stereocenters. The molecule has 3 heteroatoms. The highest BCUT2D eigenvalue weighted by molar-refractivity contribution is 9.08. The second-order valence-corrected chi connectivity index (χ2v) is 5.48. The fourth-order valence-corrected chi connectivity index (χ4v) is 2.70. The third-order valence-corrected chi connectivity index (χ3v) is 4.12. The predicted molar refractivity (Wildman–Crippen MR) is 88.0 cm³/mol. The van der Waals surface area contributed by atoms with Gasteiger partial charge >= 0.3 is 0 Å². The molecule has 0 bridgehead atoms. The standard InChI is InChI=1S/C16H17BrClN/c1-3-12-4-8-15(9-5-12)19(2)16-10-14(18)7-6-13(16)11-17/h4-10H,3,11H2,1-2H3. The van der Waals surface area contributed by atoms with Crippen LogP contribution in [0.1, 0.15) is 18.1 Å². The third-order valence-electron chi connectivity index (χ3n) is 3.28. The molecule has 0 spiro atoms. The summed E-state index contributed by atoms with van der Waals surface area (Å²) in [7, 11) is 2.07. The number of hydrogen-bond acceptors (Lipinski definition) is 1. The van der Waals surface area contributed by atoms with Crippen LogP contribution >= 0.6 is 27.5 Å². The molecule has 1 nitrogen and oxygen atoms in total. The molecule has 0 aliphatic heterocycles. The minimum absolute atomic E-state index is 0.761. The van der Waals surface area contributed by atoms with Gasteiger partial charge in [-0.1, -0.05) is 52.7 Å².